The fourth-order valence-electron chi connectivity index (χ4n) is 1.44. The van der Waals surface area contributed by atoms with Crippen LogP contribution in [0.1, 0.15) is 5.56 Å². The zero-order chi connectivity index (χ0) is 14.8. The monoisotopic (exact) mass is 297 g/mol. The zero-order valence-electron chi connectivity index (χ0n) is 10.5. The second kappa shape index (κ2) is 5.39. The van der Waals surface area contributed by atoms with Gasteiger partial charge in [0, 0.05) is 0 Å². The van der Waals surface area contributed by atoms with Gasteiger partial charge in [-0.1, -0.05) is 6.07 Å². The lowest BCUT2D eigenvalue weighted by atomic mass is 10.2. The minimum atomic E-state index is -3.96. The van der Waals surface area contributed by atoms with Gasteiger partial charge in [-0.25, -0.2) is 28.6 Å². The number of benzene rings is 1. The maximum Gasteiger partial charge on any atom is 0.265 e. The molecule has 0 radical (unpaired) electrons. The number of rotatable bonds is 4. The maximum absolute atomic E-state index is 13.6. The first kappa shape index (κ1) is 14.2. The number of nitrogens with zero attached hydrogens (tertiary/aromatic N) is 2. The van der Waals surface area contributed by atoms with Crippen LogP contribution >= 0.6 is 0 Å². The van der Waals surface area contributed by atoms with Crippen molar-refractivity contribution in [3.63, 3.8) is 0 Å². The van der Waals surface area contributed by atoms with Crippen LogP contribution in [0.15, 0.2) is 35.5 Å². The second-order valence-electron chi connectivity index (χ2n) is 3.98. The molecule has 0 saturated heterocycles. The van der Waals surface area contributed by atoms with Crippen molar-refractivity contribution in [3.8, 4) is 0 Å². The lowest BCUT2D eigenvalue weighted by Crippen LogP contribution is -2.16. The first-order valence-electron chi connectivity index (χ1n) is 5.50. The SMILES string of the molecule is Cc1ccc(NS(=O)(=O)c2cnc(NN)nc2)c(F)c1. The van der Waals surface area contributed by atoms with E-state index in [1.165, 1.54) is 12.1 Å². The molecule has 106 valence electrons. The summed E-state index contributed by atoms with van der Waals surface area (Å²) in [6.45, 7) is 1.70. The fourth-order valence-corrected chi connectivity index (χ4v) is 2.39. The van der Waals surface area contributed by atoms with Crippen LogP contribution in [0.25, 0.3) is 0 Å². The summed E-state index contributed by atoms with van der Waals surface area (Å²) in [6, 6.07) is 4.17. The predicted octanol–water partition coefficient (Wildman–Crippen LogP) is 1.01. The van der Waals surface area contributed by atoms with Gasteiger partial charge in [0.1, 0.15) is 10.7 Å². The van der Waals surface area contributed by atoms with Gasteiger partial charge in [0.05, 0.1) is 18.1 Å². The Hall–Kier alpha value is -2.26. The third-order valence-corrected chi connectivity index (χ3v) is 3.76. The fraction of sp³-hybridized carbons (Fsp3) is 0.0909. The highest BCUT2D eigenvalue weighted by atomic mass is 32.2. The Balaban J connectivity index is 2.30. The Morgan fingerprint density at radius 2 is 1.90 bits per heavy atom. The van der Waals surface area contributed by atoms with Gasteiger partial charge in [-0.2, -0.15) is 0 Å². The molecule has 9 heteroatoms. The van der Waals surface area contributed by atoms with Crippen LogP contribution in [-0.4, -0.2) is 18.4 Å². The smallest absolute Gasteiger partial charge is 0.265 e. The quantitative estimate of drug-likeness (QED) is 0.574. The zero-order valence-corrected chi connectivity index (χ0v) is 11.3. The molecule has 1 aromatic heterocycles. The maximum atomic E-state index is 13.6. The summed E-state index contributed by atoms with van der Waals surface area (Å²) in [7, 11) is -3.96. The van der Waals surface area contributed by atoms with Crippen LogP contribution in [0.5, 0.6) is 0 Å². The molecule has 1 aromatic carbocycles. The number of aromatic nitrogens is 2. The lowest BCUT2D eigenvalue weighted by Gasteiger charge is -2.09. The van der Waals surface area contributed by atoms with E-state index in [1.807, 2.05) is 0 Å². The molecule has 0 spiro atoms. The van der Waals surface area contributed by atoms with Crippen LogP contribution in [-0.2, 0) is 10.0 Å². The van der Waals surface area contributed by atoms with Gasteiger partial charge in [0.15, 0.2) is 0 Å². The molecule has 0 amide bonds. The molecule has 0 aliphatic heterocycles. The molecule has 0 saturated carbocycles. The molecule has 2 rings (SSSR count). The summed E-state index contributed by atoms with van der Waals surface area (Å²) in [5.74, 6) is 4.49. The van der Waals surface area contributed by atoms with Gasteiger partial charge in [-0.15, -0.1) is 0 Å². The van der Waals surface area contributed by atoms with Gasteiger partial charge in [-0.3, -0.25) is 10.1 Å². The van der Waals surface area contributed by atoms with Gasteiger partial charge in [0.25, 0.3) is 10.0 Å². The van der Waals surface area contributed by atoms with E-state index in [0.29, 0.717) is 5.56 Å². The van der Waals surface area contributed by atoms with Crippen molar-refractivity contribution in [1.82, 2.24) is 9.97 Å². The molecule has 2 aromatic rings. The van der Waals surface area contributed by atoms with Crippen LogP contribution in [0.4, 0.5) is 16.0 Å². The van der Waals surface area contributed by atoms with Crippen molar-refractivity contribution in [1.29, 1.82) is 0 Å². The van der Waals surface area contributed by atoms with Crippen LogP contribution in [0.3, 0.4) is 0 Å². The van der Waals surface area contributed by atoms with E-state index in [1.54, 1.807) is 13.0 Å². The topological polar surface area (TPSA) is 110 Å². The Morgan fingerprint density at radius 1 is 1.25 bits per heavy atom. The van der Waals surface area contributed by atoms with Gasteiger partial charge in [-0.05, 0) is 24.6 Å². The number of sulfonamides is 1. The highest BCUT2D eigenvalue weighted by Gasteiger charge is 2.17. The minimum Gasteiger partial charge on any atom is -0.292 e. The number of hydrazine groups is 1. The number of hydrogen-bond donors (Lipinski definition) is 3. The second-order valence-corrected chi connectivity index (χ2v) is 5.66. The minimum absolute atomic E-state index is 0.0745. The molecule has 7 nitrogen and oxygen atoms in total. The average molecular weight is 297 g/mol. The first-order chi connectivity index (χ1) is 9.42. The normalized spacial score (nSPS) is 11.2. The number of nitrogens with one attached hydrogen (secondary N) is 2. The summed E-state index contributed by atoms with van der Waals surface area (Å²) in [4.78, 5) is 7.17. The lowest BCUT2D eigenvalue weighted by molar-refractivity contribution is 0.597. The van der Waals surface area contributed by atoms with Crippen LogP contribution in [0, 0.1) is 12.7 Å². The molecule has 20 heavy (non-hydrogen) atoms. The molecule has 0 unspecified atom stereocenters. The standard InChI is InChI=1S/C11H12FN5O2S/c1-7-2-3-10(9(12)4-7)17-20(18,19)8-5-14-11(16-13)15-6-8/h2-6,17H,13H2,1H3,(H,14,15,16). The van der Waals surface area contributed by atoms with Crippen molar-refractivity contribution >= 4 is 21.7 Å². The van der Waals surface area contributed by atoms with Crippen molar-refractivity contribution in [3.05, 3.63) is 42.0 Å². The predicted molar refractivity (Wildman–Crippen MR) is 71.8 cm³/mol. The highest BCUT2D eigenvalue weighted by Crippen LogP contribution is 2.19. The molecule has 0 fully saturated rings. The Bertz CT molecular complexity index is 718. The number of aryl methyl sites for hydroxylation is 1. The Morgan fingerprint density at radius 3 is 2.45 bits per heavy atom. The van der Waals surface area contributed by atoms with Gasteiger partial charge < -0.3 is 0 Å². The van der Waals surface area contributed by atoms with Gasteiger partial charge in [0.2, 0.25) is 5.95 Å². The van der Waals surface area contributed by atoms with Crippen LogP contribution in [0.2, 0.25) is 0 Å². The van der Waals surface area contributed by atoms with E-state index in [4.69, 9.17) is 5.84 Å². The highest BCUT2D eigenvalue weighted by molar-refractivity contribution is 7.92. The Kier molecular flexibility index (Phi) is 3.81. The van der Waals surface area contributed by atoms with E-state index in [2.05, 4.69) is 20.1 Å². The molecule has 0 aliphatic carbocycles. The van der Waals surface area contributed by atoms with Gasteiger partial charge >= 0.3 is 0 Å². The molecular formula is C11H12FN5O2S. The molecular weight excluding hydrogens is 285 g/mol. The molecule has 4 N–H and O–H groups in total. The number of nitrogen functional groups attached to an aromatic ring is 1. The van der Waals surface area contributed by atoms with Crippen molar-refractivity contribution in [2.75, 3.05) is 10.1 Å². The summed E-state index contributed by atoms with van der Waals surface area (Å²) in [5.41, 5.74) is 2.72. The van der Waals surface area contributed by atoms with Crippen molar-refractivity contribution in [2.45, 2.75) is 11.8 Å². The molecule has 0 atom stereocenters. The van der Waals surface area contributed by atoms with E-state index in [0.717, 1.165) is 12.4 Å². The van der Waals surface area contributed by atoms with E-state index < -0.39 is 15.8 Å². The van der Waals surface area contributed by atoms with Crippen molar-refractivity contribution in [2.24, 2.45) is 5.84 Å². The van der Waals surface area contributed by atoms with E-state index >= 15 is 0 Å². The summed E-state index contributed by atoms with van der Waals surface area (Å²) in [5, 5.41) is 0. The summed E-state index contributed by atoms with van der Waals surface area (Å²) >= 11 is 0. The molecule has 0 aliphatic rings. The molecule has 0 bridgehead atoms. The third kappa shape index (κ3) is 3.00. The first-order valence-corrected chi connectivity index (χ1v) is 6.98. The third-order valence-electron chi connectivity index (χ3n) is 2.44. The number of halogens is 1. The summed E-state index contributed by atoms with van der Waals surface area (Å²) in [6.07, 6.45) is 2.13. The number of hydrogen-bond acceptors (Lipinski definition) is 6. The van der Waals surface area contributed by atoms with Crippen LogP contribution < -0.4 is 16.0 Å². The van der Waals surface area contributed by atoms with E-state index in [-0.39, 0.29) is 16.5 Å². The molecule has 1 heterocycles. The Labute approximate surface area is 115 Å². The number of anilines is 2. The summed E-state index contributed by atoms with van der Waals surface area (Å²) < 4.78 is 39.8. The average Bonchev–Trinajstić information content (AvgIpc) is 2.42. The number of nitrogens with two attached hydrogens (primary N) is 1. The van der Waals surface area contributed by atoms with Crippen molar-refractivity contribution < 1.29 is 12.8 Å². The van der Waals surface area contributed by atoms with E-state index in [9.17, 15) is 12.8 Å². The largest absolute Gasteiger partial charge is 0.292 e.